The molecule has 0 amide bonds. The molecule has 2 nitrogen and oxygen atoms in total. The molecule has 1 aromatic heterocycles. The molecule has 0 unspecified atom stereocenters. The van der Waals surface area contributed by atoms with Gasteiger partial charge in [0.1, 0.15) is 11.2 Å². The molecule has 0 saturated heterocycles. The Labute approximate surface area is 392 Å². The highest BCUT2D eigenvalue weighted by atomic mass is 28.3. The van der Waals surface area contributed by atoms with Gasteiger partial charge >= 0.3 is 0 Å². The van der Waals surface area contributed by atoms with E-state index in [1.54, 1.807) is 0 Å². The first-order chi connectivity index (χ1) is 33.2. The Bertz CT molecular complexity index is 3540. The van der Waals surface area contributed by atoms with Crippen LogP contribution in [0.4, 0.5) is 17.1 Å². The SMILES string of the molecule is c1ccc([Si](c2ccccc2)(c2ccccc2)c2ccc(-c3ccc(N(c4ccc(-c5ccc6ccccc6c5)cc4)c4ccc(-c5cccc6c5oc5ccccc56)cc4)cc3)cc2)cc1. The van der Waals surface area contributed by atoms with E-state index in [2.05, 4.69) is 266 Å². The molecule has 0 N–H and O–H groups in total. The fraction of sp³-hybridized carbons (Fsp3) is 0. The van der Waals surface area contributed by atoms with E-state index in [0.29, 0.717) is 0 Å². The van der Waals surface area contributed by atoms with Crippen LogP contribution in [0, 0.1) is 0 Å². The Morgan fingerprint density at radius 1 is 0.284 bits per heavy atom. The molecule has 1 heterocycles. The third kappa shape index (κ3) is 7.23. The maximum atomic E-state index is 6.45. The fourth-order valence-corrected chi connectivity index (χ4v) is 14.9. The molecule has 0 fully saturated rings. The number of anilines is 3. The van der Waals surface area contributed by atoms with E-state index >= 15 is 0 Å². The molecule has 0 aliphatic rings. The van der Waals surface area contributed by atoms with Crippen LogP contribution < -0.4 is 25.6 Å². The maximum Gasteiger partial charge on any atom is 0.179 e. The lowest BCUT2D eigenvalue weighted by Gasteiger charge is -2.34. The molecule has 0 aliphatic heterocycles. The van der Waals surface area contributed by atoms with Crippen LogP contribution in [0.15, 0.2) is 277 Å². The van der Waals surface area contributed by atoms with Crippen LogP contribution in [-0.4, -0.2) is 8.07 Å². The van der Waals surface area contributed by atoms with Crippen LogP contribution >= 0.6 is 0 Å². The third-order valence-corrected chi connectivity index (χ3v) is 18.2. The van der Waals surface area contributed by atoms with Gasteiger partial charge in [0, 0.05) is 33.4 Å². The molecule has 67 heavy (non-hydrogen) atoms. The van der Waals surface area contributed by atoms with Crippen LogP contribution in [0.5, 0.6) is 0 Å². The fourth-order valence-electron chi connectivity index (χ4n) is 10.2. The van der Waals surface area contributed by atoms with Gasteiger partial charge in [0.25, 0.3) is 0 Å². The van der Waals surface area contributed by atoms with Gasteiger partial charge in [0.2, 0.25) is 0 Å². The molecule has 0 radical (unpaired) electrons. The van der Waals surface area contributed by atoms with Gasteiger partial charge in [-0.25, -0.2) is 0 Å². The summed E-state index contributed by atoms with van der Waals surface area (Å²) in [6.07, 6.45) is 0. The van der Waals surface area contributed by atoms with Crippen LogP contribution in [0.25, 0.3) is 66.1 Å². The Morgan fingerprint density at radius 3 is 1.27 bits per heavy atom. The lowest BCUT2D eigenvalue weighted by atomic mass is 10.00. The van der Waals surface area contributed by atoms with Crippen molar-refractivity contribution in [2.75, 3.05) is 4.90 Å². The third-order valence-electron chi connectivity index (χ3n) is 13.4. The van der Waals surface area contributed by atoms with E-state index in [0.717, 1.165) is 50.1 Å². The van der Waals surface area contributed by atoms with Crippen LogP contribution in [0.2, 0.25) is 0 Å². The van der Waals surface area contributed by atoms with Crippen molar-refractivity contribution in [2.24, 2.45) is 0 Å². The standard InChI is InChI=1S/C64H45NOSi/c1-4-17-56(18-5-1)67(57-19-6-2-7-20-57,58-21-8-3-9-22-58)59-43-35-48(36-44-59)47-29-37-53(38-30-47)65(54-39-31-49(32-40-54)52-28-27-46-15-10-11-16-51(46)45-52)55-41-33-50(34-42-55)60-24-14-25-62-61-23-12-13-26-63(61)66-64(60)62/h1-45H. The van der Waals surface area contributed by atoms with Gasteiger partial charge in [-0.1, -0.05) is 224 Å². The van der Waals surface area contributed by atoms with E-state index in [4.69, 9.17) is 4.42 Å². The van der Waals surface area contributed by atoms with E-state index in [9.17, 15) is 0 Å². The zero-order valence-corrected chi connectivity index (χ0v) is 37.8. The molecular weight excluding hydrogens is 827 g/mol. The molecule has 11 aromatic carbocycles. The maximum absolute atomic E-state index is 6.45. The number of furan rings is 1. The monoisotopic (exact) mass is 871 g/mol. The lowest BCUT2D eigenvalue weighted by Crippen LogP contribution is -2.74. The van der Waals surface area contributed by atoms with Crippen molar-refractivity contribution in [1.82, 2.24) is 0 Å². The predicted molar refractivity (Wildman–Crippen MR) is 286 cm³/mol. The average Bonchev–Trinajstić information content (AvgIpc) is 3.80. The Kier molecular flexibility index (Phi) is 10.2. The Morgan fingerprint density at radius 2 is 0.701 bits per heavy atom. The first kappa shape index (κ1) is 40.0. The Hall–Kier alpha value is -8.50. The summed E-state index contributed by atoms with van der Waals surface area (Å²) in [5.41, 5.74) is 12.0. The van der Waals surface area contributed by atoms with Crippen LogP contribution in [-0.2, 0) is 0 Å². The smallest absolute Gasteiger partial charge is 0.179 e. The van der Waals surface area contributed by atoms with Gasteiger partial charge in [-0.05, 0) is 108 Å². The molecule has 0 atom stereocenters. The number of hydrogen-bond acceptors (Lipinski definition) is 2. The highest BCUT2D eigenvalue weighted by Crippen LogP contribution is 2.40. The van der Waals surface area contributed by atoms with Gasteiger partial charge in [-0.3, -0.25) is 0 Å². The Balaban J connectivity index is 0.914. The number of rotatable bonds is 10. The minimum atomic E-state index is -2.62. The van der Waals surface area contributed by atoms with Gasteiger partial charge < -0.3 is 9.32 Å². The first-order valence-corrected chi connectivity index (χ1v) is 25.0. The van der Waals surface area contributed by atoms with Crippen LogP contribution in [0.1, 0.15) is 0 Å². The summed E-state index contributed by atoms with van der Waals surface area (Å²) in [7, 11) is -2.62. The van der Waals surface area contributed by atoms with E-state index in [-0.39, 0.29) is 0 Å². The average molecular weight is 872 g/mol. The minimum absolute atomic E-state index is 0.904. The first-order valence-electron chi connectivity index (χ1n) is 23.0. The summed E-state index contributed by atoms with van der Waals surface area (Å²) in [6, 6.07) is 99.5. The van der Waals surface area contributed by atoms with Gasteiger partial charge in [-0.15, -0.1) is 0 Å². The van der Waals surface area contributed by atoms with Crippen molar-refractivity contribution in [1.29, 1.82) is 0 Å². The molecule has 0 bridgehead atoms. The second kappa shape index (κ2) is 17.1. The highest BCUT2D eigenvalue weighted by molar-refractivity contribution is 7.19. The van der Waals surface area contributed by atoms with Crippen molar-refractivity contribution in [3.05, 3.63) is 273 Å². The molecule has 3 heteroatoms. The number of benzene rings is 11. The van der Waals surface area contributed by atoms with Crippen molar-refractivity contribution in [3.8, 4) is 33.4 Å². The minimum Gasteiger partial charge on any atom is -0.455 e. The topological polar surface area (TPSA) is 16.4 Å². The van der Waals surface area contributed by atoms with Crippen LogP contribution in [0.3, 0.4) is 0 Å². The summed E-state index contributed by atoms with van der Waals surface area (Å²) in [4.78, 5) is 2.35. The van der Waals surface area contributed by atoms with Gasteiger partial charge in [0.05, 0.1) is 0 Å². The summed E-state index contributed by atoms with van der Waals surface area (Å²) in [5.74, 6) is 0. The molecule has 12 aromatic rings. The number of nitrogens with zero attached hydrogens (tertiary/aromatic N) is 1. The van der Waals surface area contributed by atoms with E-state index in [1.807, 2.05) is 12.1 Å². The van der Waals surface area contributed by atoms with Crippen molar-refractivity contribution in [3.63, 3.8) is 0 Å². The molecule has 0 spiro atoms. The summed E-state index contributed by atoms with van der Waals surface area (Å²) in [5, 5.41) is 10.2. The quantitative estimate of drug-likeness (QED) is 0.101. The van der Waals surface area contributed by atoms with Gasteiger partial charge in [-0.2, -0.15) is 0 Å². The molecule has 0 saturated carbocycles. The number of para-hydroxylation sites is 2. The molecule has 0 aliphatic carbocycles. The van der Waals surface area contributed by atoms with Crippen molar-refractivity contribution >= 4 is 78.6 Å². The zero-order valence-electron chi connectivity index (χ0n) is 36.8. The number of hydrogen-bond donors (Lipinski definition) is 0. The zero-order chi connectivity index (χ0) is 44.6. The summed E-state index contributed by atoms with van der Waals surface area (Å²) >= 11 is 0. The highest BCUT2D eigenvalue weighted by Gasteiger charge is 2.41. The molecule has 12 rings (SSSR count). The predicted octanol–water partition coefficient (Wildman–Crippen LogP) is 14.6. The largest absolute Gasteiger partial charge is 0.455 e. The summed E-state index contributed by atoms with van der Waals surface area (Å²) < 4.78 is 6.45. The second-order valence-electron chi connectivity index (χ2n) is 17.2. The van der Waals surface area contributed by atoms with E-state index in [1.165, 1.54) is 53.8 Å². The molecular formula is C64H45NOSi. The van der Waals surface area contributed by atoms with Crippen molar-refractivity contribution < 1.29 is 4.42 Å². The lowest BCUT2D eigenvalue weighted by molar-refractivity contribution is 0.670. The van der Waals surface area contributed by atoms with E-state index < -0.39 is 8.07 Å². The van der Waals surface area contributed by atoms with Gasteiger partial charge in [0.15, 0.2) is 8.07 Å². The van der Waals surface area contributed by atoms with Crippen molar-refractivity contribution in [2.45, 2.75) is 0 Å². The molecule has 316 valence electrons. The normalized spacial score (nSPS) is 11.6. The summed E-state index contributed by atoms with van der Waals surface area (Å²) in [6.45, 7) is 0. The number of fused-ring (bicyclic) bond motifs is 4. The second-order valence-corrected chi connectivity index (χ2v) is 21.1.